The van der Waals surface area contributed by atoms with Gasteiger partial charge in [-0.1, -0.05) is 30.7 Å². The summed E-state index contributed by atoms with van der Waals surface area (Å²) in [6.45, 7) is 3.67. The Hall–Kier alpha value is -2.57. The van der Waals surface area contributed by atoms with Crippen molar-refractivity contribution < 1.29 is 15.0 Å². The van der Waals surface area contributed by atoms with E-state index >= 15 is 0 Å². The molecule has 0 radical (unpaired) electrons. The Morgan fingerprint density at radius 1 is 1.16 bits per heavy atom. The molecule has 4 unspecified atom stereocenters. The number of amides is 1. The Kier molecular flexibility index (Phi) is 8.53. The van der Waals surface area contributed by atoms with E-state index in [9.17, 15) is 15.0 Å². The zero-order chi connectivity index (χ0) is 23.1. The number of nitrogens with two attached hydrogens (primary N) is 1. The van der Waals surface area contributed by atoms with Crippen LogP contribution in [0.25, 0.3) is 0 Å². The van der Waals surface area contributed by atoms with Crippen molar-refractivity contribution in [2.75, 3.05) is 25.0 Å². The Morgan fingerprint density at radius 3 is 2.62 bits per heavy atom. The minimum Gasteiger partial charge on any atom is -0.507 e. The topological polar surface area (TPSA) is 98.8 Å². The van der Waals surface area contributed by atoms with Crippen LogP contribution < -0.4 is 16.0 Å². The number of phenols is 1. The van der Waals surface area contributed by atoms with E-state index in [1.807, 2.05) is 0 Å². The normalized spacial score (nSPS) is 20.8. The third kappa shape index (κ3) is 6.47. The second-order valence-corrected chi connectivity index (χ2v) is 9.20. The van der Waals surface area contributed by atoms with E-state index in [-0.39, 0.29) is 11.3 Å². The number of aromatic hydroxyl groups is 1. The second kappa shape index (κ2) is 11.3. The van der Waals surface area contributed by atoms with Crippen LogP contribution in [0.2, 0.25) is 0 Å². The number of primary amides is 1. The largest absolute Gasteiger partial charge is 0.507 e. The highest BCUT2D eigenvalue weighted by Crippen LogP contribution is 2.31. The van der Waals surface area contributed by atoms with Crippen molar-refractivity contribution in [1.82, 2.24) is 5.32 Å². The van der Waals surface area contributed by atoms with E-state index in [0.29, 0.717) is 30.0 Å². The first-order valence-corrected chi connectivity index (χ1v) is 11.7. The lowest BCUT2D eigenvalue weighted by Gasteiger charge is -2.26. The summed E-state index contributed by atoms with van der Waals surface area (Å²) in [6, 6.07) is 15.3. The van der Waals surface area contributed by atoms with Crippen molar-refractivity contribution in [2.24, 2.45) is 17.6 Å². The molecular weight excluding hydrogens is 402 g/mol. The molecule has 0 aliphatic heterocycles. The second-order valence-electron chi connectivity index (χ2n) is 9.20. The number of anilines is 1. The monoisotopic (exact) mass is 439 g/mol. The van der Waals surface area contributed by atoms with Gasteiger partial charge in [-0.15, -0.1) is 0 Å². The van der Waals surface area contributed by atoms with E-state index in [4.69, 9.17) is 5.73 Å². The number of aliphatic hydroxyl groups is 1. The van der Waals surface area contributed by atoms with Gasteiger partial charge in [0.25, 0.3) is 5.91 Å². The van der Waals surface area contributed by atoms with Crippen LogP contribution in [0.4, 0.5) is 5.69 Å². The van der Waals surface area contributed by atoms with Crippen molar-refractivity contribution in [1.29, 1.82) is 0 Å². The summed E-state index contributed by atoms with van der Waals surface area (Å²) in [5.41, 5.74) is 7.17. The zero-order valence-corrected chi connectivity index (χ0v) is 19.2. The summed E-state index contributed by atoms with van der Waals surface area (Å²) in [4.78, 5) is 13.8. The van der Waals surface area contributed by atoms with Crippen LogP contribution >= 0.6 is 0 Å². The van der Waals surface area contributed by atoms with Crippen LogP contribution in [0.3, 0.4) is 0 Å². The molecular formula is C26H37N3O3. The third-order valence-electron chi connectivity index (χ3n) is 6.87. The van der Waals surface area contributed by atoms with Crippen LogP contribution in [0.1, 0.15) is 61.1 Å². The molecule has 1 fully saturated rings. The van der Waals surface area contributed by atoms with Gasteiger partial charge in [-0.2, -0.15) is 0 Å². The van der Waals surface area contributed by atoms with Gasteiger partial charge in [0.1, 0.15) is 5.75 Å². The van der Waals surface area contributed by atoms with Gasteiger partial charge in [0, 0.05) is 31.9 Å². The quantitative estimate of drug-likeness (QED) is 0.445. The predicted molar refractivity (Wildman–Crippen MR) is 129 cm³/mol. The summed E-state index contributed by atoms with van der Waals surface area (Å²) in [5.74, 6) is 0.409. The fraction of sp³-hybridized carbons (Fsp3) is 0.500. The average molecular weight is 440 g/mol. The highest BCUT2D eigenvalue weighted by molar-refractivity contribution is 5.95. The number of nitrogens with zero attached hydrogens (tertiary/aromatic N) is 1. The van der Waals surface area contributed by atoms with Crippen LogP contribution in [0.5, 0.6) is 5.75 Å². The lowest BCUT2D eigenvalue weighted by molar-refractivity contribution is 0.0997. The van der Waals surface area contributed by atoms with Gasteiger partial charge >= 0.3 is 0 Å². The summed E-state index contributed by atoms with van der Waals surface area (Å²) in [5, 5.41) is 23.8. The highest BCUT2D eigenvalue weighted by atomic mass is 16.3. The van der Waals surface area contributed by atoms with Gasteiger partial charge in [-0.3, -0.25) is 4.79 Å². The fourth-order valence-electron chi connectivity index (χ4n) is 4.81. The van der Waals surface area contributed by atoms with Crippen molar-refractivity contribution in [2.45, 2.75) is 51.2 Å². The van der Waals surface area contributed by atoms with Gasteiger partial charge in [0.05, 0.1) is 11.7 Å². The van der Waals surface area contributed by atoms with Crippen molar-refractivity contribution in [3.8, 4) is 5.75 Å². The first-order valence-electron chi connectivity index (χ1n) is 11.7. The van der Waals surface area contributed by atoms with Gasteiger partial charge in [-0.05, 0) is 74.3 Å². The molecule has 4 atom stereocenters. The average Bonchev–Trinajstić information content (AvgIpc) is 3.03. The van der Waals surface area contributed by atoms with E-state index in [1.54, 1.807) is 6.07 Å². The molecule has 1 saturated carbocycles. The molecule has 6 heteroatoms. The molecule has 6 nitrogen and oxygen atoms in total. The first kappa shape index (κ1) is 24.1. The number of hydrogen-bond donors (Lipinski definition) is 4. The molecule has 2 aromatic rings. The minimum atomic E-state index is -0.769. The Morgan fingerprint density at radius 2 is 1.91 bits per heavy atom. The van der Waals surface area contributed by atoms with Crippen LogP contribution in [-0.4, -0.2) is 42.3 Å². The maximum absolute atomic E-state index is 11.4. The third-order valence-corrected chi connectivity index (χ3v) is 6.87. The number of carbonyl (C=O) groups is 1. The number of benzene rings is 2. The van der Waals surface area contributed by atoms with Gasteiger partial charge in [0.2, 0.25) is 0 Å². The molecule has 1 aliphatic carbocycles. The summed E-state index contributed by atoms with van der Waals surface area (Å²) >= 11 is 0. The highest BCUT2D eigenvalue weighted by Gasteiger charge is 2.24. The first-order chi connectivity index (χ1) is 15.3. The number of hydrogen-bond acceptors (Lipinski definition) is 5. The van der Waals surface area contributed by atoms with Crippen LogP contribution in [0, 0.1) is 11.8 Å². The molecule has 1 aliphatic rings. The molecule has 174 valence electrons. The van der Waals surface area contributed by atoms with Gasteiger partial charge in [-0.25, -0.2) is 0 Å². The smallest absolute Gasteiger partial charge is 0.252 e. The summed E-state index contributed by atoms with van der Waals surface area (Å²) in [6.07, 6.45) is 5.31. The molecule has 5 N–H and O–H groups in total. The maximum Gasteiger partial charge on any atom is 0.252 e. The van der Waals surface area contributed by atoms with Crippen molar-refractivity contribution in [3.05, 3.63) is 59.7 Å². The SMILES string of the molecule is CC(NCC(O)c1ccc(O)c(C(N)=O)c1)C1CCCC(CN(C)c2ccccc2)CC1. The predicted octanol–water partition coefficient (Wildman–Crippen LogP) is 3.84. The maximum atomic E-state index is 11.4. The zero-order valence-electron chi connectivity index (χ0n) is 19.2. The number of nitrogens with one attached hydrogen (secondary N) is 1. The number of aliphatic hydroxyl groups excluding tert-OH is 1. The fourth-order valence-corrected chi connectivity index (χ4v) is 4.81. The van der Waals surface area contributed by atoms with E-state index in [0.717, 1.165) is 6.54 Å². The van der Waals surface area contributed by atoms with Gasteiger partial charge in [0.15, 0.2) is 0 Å². The molecule has 0 aromatic heterocycles. The number of para-hydroxylation sites is 1. The van der Waals surface area contributed by atoms with Gasteiger partial charge < -0.3 is 26.2 Å². The molecule has 3 rings (SSSR count). The molecule has 0 saturated heterocycles. The molecule has 2 aromatic carbocycles. The summed E-state index contributed by atoms with van der Waals surface area (Å²) < 4.78 is 0. The molecule has 0 heterocycles. The van der Waals surface area contributed by atoms with E-state index in [1.165, 1.54) is 49.9 Å². The molecule has 1 amide bonds. The summed E-state index contributed by atoms with van der Waals surface area (Å²) in [7, 11) is 2.18. The molecule has 32 heavy (non-hydrogen) atoms. The Labute approximate surface area is 191 Å². The molecule has 0 bridgehead atoms. The standard InChI is InChI=1S/C26H37N3O3/c1-18(28-16-25(31)21-13-14-24(30)23(15-21)26(27)32)20-8-6-7-19(11-12-20)17-29(2)22-9-4-3-5-10-22/h3-5,9-10,13-15,18-20,25,28,30-31H,6-8,11-12,16-17H2,1-2H3,(H2,27,32). The minimum absolute atomic E-state index is 0.0323. The number of rotatable bonds is 9. The van der Waals surface area contributed by atoms with Crippen molar-refractivity contribution in [3.63, 3.8) is 0 Å². The lowest BCUT2D eigenvalue weighted by atomic mass is 9.92. The van der Waals surface area contributed by atoms with E-state index in [2.05, 4.69) is 54.5 Å². The lowest BCUT2D eigenvalue weighted by Crippen LogP contribution is -2.36. The Bertz CT molecular complexity index is 874. The van der Waals surface area contributed by atoms with Crippen LogP contribution in [0.15, 0.2) is 48.5 Å². The molecule has 0 spiro atoms. The van der Waals surface area contributed by atoms with Crippen molar-refractivity contribution >= 4 is 11.6 Å². The van der Waals surface area contributed by atoms with Crippen LogP contribution in [-0.2, 0) is 0 Å². The van der Waals surface area contributed by atoms with E-state index < -0.39 is 12.0 Å². The Balaban J connectivity index is 1.48. The number of carbonyl (C=O) groups excluding carboxylic acids is 1.